The van der Waals surface area contributed by atoms with Gasteiger partial charge in [-0.15, -0.1) is 0 Å². The third kappa shape index (κ3) is 2.65. The first-order valence-electron chi connectivity index (χ1n) is 8.73. The Hall–Kier alpha value is -2.48. The average Bonchev–Trinajstić information content (AvgIpc) is 2.93. The van der Waals surface area contributed by atoms with E-state index in [-0.39, 0.29) is 35.7 Å². The van der Waals surface area contributed by atoms with Crippen molar-refractivity contribution in [2.45, 2.75) is 25.4 Å². The zero-order valence-electron chi connectivity index (χ0n) is 14.3. The van der Waals surface area contributed by atoms with Crippen molar-refractivity contribution >= 4 is 17.5 Å². The maximum absolute atomic E-state index is 15.1. The number of nitrogens with one attached hydrogen (secondary N) is 2. The number of piperidine rings is 1. The molecule has 8 heteroatoms. The van der Waals surface area contributed by atoms with Gasteiger partial charge >= 0.3 is 0 Å². The Morgan fingerprint density at radius 1 is 1.19 bits per heavy atom. The minimum absolute atomic E-state index is 0.0545. The first-order chi connectivity index (χ1) is 12.5. The fraction of sp³-hybridized carbons (Fsp3) is 0.444. The van der Waals surface area contributed by atoms with Gasteiger partial charge in [0.05, 0.1) is 18.2 Å². The average molecular weight is 362 g/mol. The zero-order valence-corrected chi connectivity index (χ0v) is 14.3. The van der Waals surface area contributed by atoms with E-state index in [1.807, 2.05) is 0 Å². The standard InChI is InChI=1S/C18H20F2N4O2/c1-10-14(2-3-15(25)22-10)24-9-12-11(18(24)26)8-13(19)17(16(12)20)23-6-4-21-5-7-23/h8,14,21H,1-7,9H2,(H,22,25). The topological polar surface area (TPSA) is 64.7 Å². The van der Waals surface area contributed by atoms with Crippen LogP contribution in [0.5, 0.6) is 0 Å². The van der Waals surface area contributed by atoms with Crippen molar-refractivity contribution in [3.05, 3.63) is 41.1 Å². The molecule has 2 N–H and O–H groups in total. The van der Waals surface area contributed by atoms with E-state index in [9.17, 15) is 14.0 Å². The van der Waals surface area contributed by atoms with Gasteiger partial charge in [-0.1, -0.05) is 6.58 Å². The Labute approximate surface area is 149 Å². The van der Waals surface area contributed by atoms with Gasteiger partial charge in [0, 0.05) is 43.9 Å². The van der Waals surface area contributed by atoms with Gasteiger partial charge in [-0.2, -0.15) is 0 Å². The molecule has 26 heavy (non-hydrogen) atoms. The van der Waals surface area contributed by atoms with Crippen LogP contribution >= 0.6 is 0 Å². The molecule has 0 radical (unpaired) electrons. The predicted octanol–water partition coefficient (Wildman–Crippen LogP) is 1.12. The molecule has 0 aromatic heterocycles. The number of anilines is 1. The summed E-state index contributed by atoms with van der Waals surface area (Å²) < 4.78 is 29.7. The Morgan fingerprint density at radius 2 is 1.92 bits per heavy atom. The molecular formula is C18H20F2N4O2. The molecule has 0 bridgehead atoms. The second kappa shape index (κ2) is 6.35. The first-order valence-corrected chi connectivity index (χ1v) is 8.73. The molecule has 1 aromatic carbocycles. The van der Waals surface area contributed by atoms with Crippen molar-refractivity contribution < 1.29 is 18.4 Å². The predicted molar refractivity (Wildman–Crippen MR) is 91.6 cm³/mol. The van der Waals surface area contributed by atoms with Crippen LogP contribution in [0.15, 0.2) is 18.3 Å². The lowest BCUT2D eigenvalue weighted by Gasteiger charge is -2.32. The number of carbonyl (C=O) groups is 2. The molecule has 3 aliphatic heterocycles. The lowest BCUT2D eigenvalue weighted by molar-refractivity contribution is -0.121. The van der Waals surface area contributed by atoms with E-state index >= 15 is 4.39 Å². The lowest BCUT2D eigenvalue weighted by Crippen LogP contribution is -2.45. The Bertz CT molecular complexity index is 805. The van der Waals surface area contributed by atoms with Crippen molar-refractivity contribution in [2.75, 3.05) is 31.1 Å². The van der Waals surface area contributed by atoms with Gasteiger partial charge in [-0.05, 0) is 12.5 Å². The number of fused-ring (bicyclic) bond motifs is 1. The van der Waals surface area contributed by atoms with Crippen LogP contribution in [0, 0.1) is 11.6 Å². The molecule has 138 valence electrons. The second-order valence-electron chi connectivity index (χ2n) is 6.85. The van der Waals surface area contributed by atoms with Crippen molar-refractivity contribution in [1.29, 1.82) is 0 Å². The van der Waals surface area contributed by atoms with Crippen LogP contribution in [0.4, 0.5) is 14.5 Å². The van der Waals surface area contributed by atoms with Gasteiger partial charge in [-0.25, -0.2) is 8.78 Å². The summed E-state index contributed by atoms with van der Waals surface area (Å²) in [4.78, 5) is 27.3. The van der Waals surface area contributed by atoms with Crippen LogP contribution < -0.4 is 15.5 Å². The number of hydrogen-bond donors (Lipinski definition) is 2. The highest BCUT2D eigenvalue weighted by atomic mass is 19.1. The zero-order chi connectivity index (χ0) is 18.4. The van der Waals surface area contributed by atoms with Gasteiger partial charge < -0.3 is 20.4 Å². The lowest BCUT2D eigenvalue weighted by atomic mass is 10.0. The van der Waals surface area contributed by atoms with Gasteiger partial charge in [0.15, 0.2) is 5.82 Å². The molecular weight excluding hydrogens is 342 g/mol. The molecule has 0 spiro atoms. The molecule has 3 heterocycles. The molecule has 1 unspecified atom stereocenters. The molecule has 4 rings (SSSR count). The van der Waals surface area contributed by atoms with E-state index in [1.165, 1.54) is 4.90 Å². The minimum Gasteiger partial charge on any atom is -0.364 e. The first kappa shape index (κ1) is 17.0. The number of amides is 2. The number of nitrogens with zero attached hydrogens (tertiary/aromatic N) is 2. The summed E-state index contributed by atoms with van der Waals surface area (Å²) in [5.41, 5.74) is 0.638. The smallest absolute Gasteiger partial charge is 0.255 e. The number of carbonyl (C=O) groups excluding carboxylic acids is 2. The Balaban J connectivity index is 1.67. The van der Waals surface area contributed by atoms with Crippen molar-refractivity contribution in [1.82, 2.24) is 15.5 Å². The number of halogens is 2. The monoisotopic (exact) mass is 362 g/mol. The van der Waals surface area contributed by atoms with E-state index in [2.05, 4.69) is 17.2 Å². The highest BCUT2D eigenvalue weighted by molar-refractivity contribution is 5.99. The molecule has 0 saturated carbocycles. The number of benzene rings is 1. The number of rotatable bonds is 2. The summed E-state index contributed by atoms with van der Waals surface area (Å²) in [6.07, 6.45) is 0.700. The van der Waals surface area contributed by atoms with Gasteiger partial charge in [0.2, 0.25) is 5.91 Å². The quantitative estimate of drug-likeness (QED) is 0.828. The van der Waals surface area contributed by atoms with Crippen LogP contribution in [0.25, 0.3) is 0 Å². The summed E-state index contributed by atoms with van der Waals surface area (Å²) in [6.45, 7) is 6.19. The van der Waals surface area contributed by atoms with Crippen molar-refractivity contribution in [2.24, 2.45) is 0 Å². The van der Waals surface area contributed by atoms with E-state index < -0.39 is 23.6 Å². The molecule has 3 aliphatic rings. The summed E-state index contributed by atoms with van der Waals surface area (Å²) in [5.74, 6) is -1.95. The van der Waals surface area contributed by atoms with Gasteiger partial charge in [0.1, 0.15) is 11.5 Å². The van der Waals surface area contributed by atoms with Crippen LogP contribution in [0.1, 0.15) is 28.8 Å². The SMILES string of the molecule is C=C1NC(=O)CCC1N1Cc2c(cc(F)c(N3CCNCC3)c2F)C1=O. The number of piperazine rings is 1. The summed E-state index contributed by atoms with van der Waals surface area (Å²) in [5, 5.41) is 5.78. The maximum Gasteiger partial charge on any atom is 0.255 e. The molecule has 1 aromatic rings. The third-order valence-electron chi connectivity index (χ3n) is 5.27. The van der Waals surface area contributed by atoms with Crippen LogP contribution in [0.3, 0.4) is 0 Å². The number of hydrogen-bond acceptors (Lipinski definition) is 4. The van der Waals surface area contributed by atoms with E-state index in [4.69, 9.17) is 0 Å². The molecule has 2 fully saturated rings. The normalized spacial score (nSPS) is 23.3. The Kier molecular flexibility index (Phi) is 4.14. The molecule has 6 nitrogen and oxygen atoms in total. The molecule has 0 aliphatic carbocycles. The molecule has 1 atom stereocenters. The van der Waals surface area contributed by atoms with E-state index in [0.717, 1.165) is 6.07 Å². The van der Waals surface area contributed by atoms with E-state index in [1.54, 1.807) is 4.90 Å². The van der Waals surface area contributed by atoms with Crippen molar-refractivity contribution in [3.63, 3.8) is 0 Å². The summed E-state index contributed by atoms with van der Waals surface area (Å²) in [7, 11) is 0. The summed E-state index contributed by atoms with van der Waals surface area (Å²) >= 11 is 0. The highest BCUT2D eigenvalue weighted by Crippen LogP contribution is 2.36. The maximum atomic E-state index is 15.1. The van der Waals surface area contributed by atoms with Gasteiger partial charge in [-0.3, -0.25) is 9.59 Å². The van der Waals surface area contributed by atoms with Crippen LogP contribution in [-0.2, 0) is 11.3 Å². The van der Waals surface area contributed by atoms with E-state index in [0.29, 0.717) is 38.3 Å². The molecule has 2 amide bonds. The fourth-order valence-electron chi connectivity index (χ4n) is 3.93. The van der Waals surface area contributed by atoms with Gasteiger partial charge in [0.25, 0.3) is 5.91 Å². The van der Waals surface area contributed by atoms with Crippen molar-refractivity contribution in [3.8, 4) is 0 Å². The molecule has 2 saturated heterocycles. The summed E-state index contributed by atoms with van der Waals surface area (Å²) in [6, 6.07) is 0.736. The Morgan fingerprint density at radius 3 is 2.62 bits per heavy atom. The van der Waals surface area contributed by atoms with Crippen LogP contribution in [0.2, 0.25) is 0 Å². The fourth-order valence-corrected chi connectivity index (χ4v) is 3.93. The largest absolute Gasteiger partial charge is 0.364 e. The highest BCUT2D eigenvalue weighted by Gasteiger charge is 2.39. The van der Waals surface area contributed by atoms with Crippen LogP contribution in [-0.4, -0.2) is 48.9 Å². The third-order valence-corrected chi connectivity index (χ3v) is 5.27. The minimum atomic E-state index is -0.714. The second-order valence-corrected chi connectivity index (χ2v) is 6.85.